The van der Waals surface area contributed by atoms with Crippen LogP contribution in [0.1, 0.15) is 42.2 Å². The maximum atomic E-state index is 5.04. The van der Waals surface area contributed by atoms with Crippen LogP contribution >= 0.6 is 0 Å². The molecule has 0 saturated heterocycles. The van der Waals surface area contributed by atoms with Crippen LogP contribution in [0.3, 0.4) is 0 Å². The summed E-state index contributed by atoms with van der Waals surface area (Å²) in [4.78, 5) is 5.04. The molecule has 2 bridgehead atoms. The van der Waals surface area contributed by atoms with Crippen LogP contribution in [0.4, 0.5) is 0 Å². The zero-order valence-corrected chi connectivity index (χ0v) is 11.9. The summed E-state index contributed by atoms with van der Waals surface area (Å²) in [7, 11) is 0. The lowest BCUT2D eigenvalue weighted by Gasteiger charge is -2.21. The van der Waals surface area contributed by atoms with Gasteiger partial charge in [0, 0.05) is 10.9 Å². The molecular weight excluding hydrogens is 254 g/mol. The average Bonchev–Trinajstić information content (AvgIpc) is 3.17. The van der Waals surface area contributed by atoms with Gasteiger partial charge < -0.3 is 0 Å². The van der Waals surface area contributed by atoms with Crippen molar-refractivity contribution in [2.24, 2.45) is 0 Å². The number of hydrogen-bond acceptors (Lipinski definition) is 1. The monoisotopic (exact) mass is 271 g/mol. The van der Waals surface area contributed by atoms with Crippen molar-refractivity contribution in [1.82, 2.24) is 4.98 Å². The Kier molecular flexibility index (Phi) is 2.29. The van der Waals surface area contributed by atoms with Crippen molar-refractivity contribution >= 4 is 10.9 Å². The fourth-order valence-electron chi connectivity index (χ4n) is 4.43. The summed E-state index contributed by atoms with van der Waals surface area (Å²) < 4.78 is 0. The number of rotatable bonds is 1. The Bertz CT molecular complexity index is 835. The molecule has 3 aromatic rings. The van der Waals surface area contributed by atoms with Crippen molar-refractivity contribution in [3.63, 3.8) is 0 Å². The molecule has 0 amide bonds. The molecule has 2 atom stereocenters. The molecule has 1 nitrogen and oxygen atoms in total. The van der Waals surface area contributed by atoms with Gasteiger partial charge in [-0.05, 0) is 48.3 Å². The predicted octanol–water partition coefficient (Wildman–Crippen LogP) is 5.27. The quantitative estimate of drug-likeness (QED) is 0.587. The molecule has 2 aromatic carbocycles. The van der Waals surface area contributed by atoms with Crippen molar-refractivity contribution in [1.29, 1.82) is 0 Å². The summed E-state index contributed by atoms with van der Waals surface area (Å²) in [5.74, 6) is 1.50. The first-order valence-corrected chi connectivity index (χ1v) is 7.90. The fraction of sp³-hybridized carbons (Fsp3) is 0.250. The Labute approximate surface area is 124 Å². The molecule has 2 aliphatic carbocycles. The molecule has 5 rings (SSSR count). The zero-order valence-electron chi connectivity index (χ0n) is 11.9. The summed E-state index contributed by atoms with van der Waals surface area (Å²) in [6.45, 7) is 0. The van der Waals surface area contributed by atoms with Crippen LogP contribution < -0.4 is 0 Å². The van der Waals surface area contributed by atoms with E-state index >= 15 is 0 Å². The van der Waals surface area contributed by atoms with Gasteiger partial charge in [-0.1, -0.05) is 48.5 Å². The third-order valence-corrected chi connectivity index (χ3v) is 5.27. The van der Waals surface area contributed by atoms with Crippen molar-refractivity contribution < 1.29 is 0 Å². The van der Waals surface area contributed by atoms with E-state index in [4.69, 9.17) is 4.98 Å². The summed E-state index contributed by atoms with van der Waals surface area (Å²) in [6.07, 6.45) is 4.04. The van der Waals surface area contributed by atoms with Crippen LogP contribution in [0.15, 0.2) is 54.6 Å². The topological polar surface area (TPSA) is 12.9 Å². The van der Waals surface area contributed by atoms with Crippen LogP contribution in [0.25, 0.3) is 22.2 Å². The number of nitrogens with zero attached hydrogens (tertiary/aromatic N) is 1. The molecule has 0 spiro atoms. The highest BCUT2D eigenvalue weighted by molar-refractivity contribution is 5.89. The predicted molar refractivity (Wildman–Crippen MR) is 86.5 cm³/mol. The average molecular weight is 271 g/mol. The normalized spacial score (nSPS) is 22.7. The first-order valence-electron chi connectivity index (χ1n) is 7.90. The van der Waals surface area contributed by atoms with Crippen LogP contribution in [0.2, 0.25) is 0 Å². The van der Waals surface area contributed by atoms with Crippen molar-refractivity contribution in [3.8, 4) is 11.3 Å². The van der Waals surface area contributed by atoms with Gasteiger partial charge in [0.1, 0.15) is 0 Å². The maximum absolute atomic E-state index is 5.04. The molecule has 0 radical (unpaired) electrons. The van der Waals surface area contributed by atoms with Gasteiger partial charge >= 0.3 is 0 Å². The lowest BCUT2D eigenvalue weighted by Crippen LogP contribution is -2.04. The minimum atomic E-state index is 0.734. The maximum Gasteiger partial charge on any atom is 0.0747 e. The van der Waals surface area contributed by atoms with Crippen molar-refractivity contribution in [2.75, 3.05) is 0 Å². The second-order valence-corrected chi connectivity index (χ2v) is 6.38. The van der Waals surface area contributed by atoms with Gasteiger partial charge in [0.25, 0.3) is 0 Å². The minimum absolute atomic E-state index is 0.734. The molecule has 1 aromatic heterocycles. The number of fused-ring (bicyclic) bond motifs is 7. The van der Waals surface area contributed by atoms with Crippen molar-refractivity contribution in [2.45, 2.75) is 31.1 Å². The van der Waals surface area contributed by atoms with Gasteiger partial charge in [-0.15, -0.1) is 0 Å². The molecule has 0 aliphatic heterocycles. The Morgan fingerprint density at radius 1 is 0.762 bits per heavy atom. The minimum Gasteiger partial charge on any atom is -0.247 e. The van der Waals surface area contributed by atoms with Gasteiger partial charge in [-0.2, -0.15) is 0 Å². The van der Waals surface area contributed by atoms with Gasteiger partial charge in [0.15, 0.2) is 0 Å². The number of aromatic nitrogens is 1. The lowest BCUT2D eigenvalue weighted by atomic mass is 9.86. The molecule has 1 fully saturated rings. The number of pyridine rings is 1. The van der Waals surface area contributed by atoms with E-state index in [0.717, 1.165) is 17.4 Å². The zero-order chi connectivity index (χ0) is 13.8. The smallest absolute Gasteiger partial charge is 0.0747 e. The van der Waals surface area contributed by atoms with Crippen LogP contribution in [0, 0.1) is 0 Å². The van der Waals surface area contributed by atoms with Crippen LogP contribution in [0.5, 0.6) is 0 Å². The highest BCUT2D eigenvalue weighted by Gasteiger charge is 2.40. The Hall–Kier alpha value is -2.15. The third kappa shape index (κ3) is 1.55. The van der Waals surface area contributed by atoms with Gasteiger partial charge in [0.05, 0.1) is 11.2 Å². The molecule has 1 saturated carbocycles. The first-order chi connectivity index (χ1) is 10.4. The fourth-order valence-corrected chi connectivity index (χ4v) is 4.43. The molecule has 21 heavy (non-hydrogen) atoms. The second kappa shape index (κ2) is 4.17. The standard InChI is InChI=1S/C20H17N/c1-2-6-13(7-3-1)20-19-15-11-10-14(12-15)18(19)16-8-4-5-9-17(16)21-20/h1-9,14-15H,10-12H2. The van der Waals surface area contributed by atoms with E-state index in [1.54, 1.807) is 11.1 Å². The van der Waals surface area contributed by atoms with Gasteiger partial charge in [0.2, 0.25) is 0 Å². The van der Waals surface area contributed by atoms with E-state index in [-0.39, 0.29) is 0 Å². The number of para-hydroxylation sites is 1. The van der Waals surface area contributed by atoms with Gasteiger partial charge in [-0.25, -0.2) is 4.98 Å². The summed E-state index contributed by atoms with van der Waals surface area (Å²) in [6, 6.07) is 19.4. The highest BCUT2D eigenvalue weighted by Crippen LogP contribution is 2.57. The Morgan fingerprint density at radius 3 is 2.33 bits per heavy atom. The highest BCUT2D eigenvalue weighted by atomic mass is 14.7. The summed E-state index contributed by atoms with van der Waals surface area (Å²) in [5, 5.41) is 1.39. The first kappa shape index (κ1) is 11.5. The molecule has 2 aliphatic rings. The third-order valence-electron chi connectivity index (χ3n) is 5.27. The van der Waals surface area contributed by atoms with E-state index < -0.39 is 0 Å². The Balaban J connectivity index is 1.90. The van der Waals surface area contributed by atoms with Crippen molar-refractivity contribution in [3.05, 3.63) is 65.7 Å². The van der Waals surface area contributed by atoms with E-state index in [1.807, 2.05) is 0 Å². The largest absolute Gasteiger partial charge is 0.247 e. The Morgan fingerprint density at radius 2 is 1.48 bits per heavy atom. The molecule has 1 heterocycles. The van der Waals surface area contributed by atoms with Crippen LogP contribution in [-0.4, -0.2) is 4.98 Å². The van der Waals surface area contributed by atoms with Crippen LogP contribution in [-0.2, 0) is 0 Å². The molecular formula is C20H17N. The molecule has 102 valence electrons. The lowest BCUT2D eigenvalue weighted by molar-refractivity contribution is 0.720. The van der Waals surface area contributed by atoms with E-state index in [0.29, 0.717) is 0 Å². The molecule has 2 unspecified atom stereocenters. The molecule has 1 heteroatoms. The van der Waals surface area contributed by atoms with E-state index in [1.165, 1.54) is 35.9 Å². The molecule has 0 N–H and O–H groups in total. The number of benzene rings is 2. The summed E-state index contributed by atoms with van der Waals surface area (Å²) in [5.41, 5.74) is 6.82. The second-order valence-electron chi connectivity index (χ2n) is 6.38. The SMILES string of the molecule is c1ccc(-c2nc3ccccc3c3c2C2CCC3C2)cc1. The van der Waals surface area contributed by atoms with E-state index in [9.17, 15) is 0 Å². The van der Waals surface area contributed by atoms with Gasteiger partial charge in [-0.3, -0.25) is 0 Å². The van der Waals surface area contributed by atoms with E-state index in [2.05, 4.69) is 54.6 Å². The number of hydrogen-bond donors (Lipinski definition) is 0. The summed E-state index contributed by atoms with van der Waals surface area (Å²) >= 11 is 0.